The summed E-state index contributed by atoms with van der Waals surface area (Å²) in [6.07, 6.45) is 3.02. The molecule has 2 heterocycles. The number of benzene rings is 1. The van der Waals surface area contributed by atoms with E-state index in [-0.39, 0.29) is 0 Å². The van der Waals surface area contributed by atoms with Gasteiger partial charge in [0.1, 0.15) is 12.0 Å². The first kappa shape index (κ1) is 11.0. The summed E-state index contributed by atoms with van der Waals surface area (Å²) in [5.74, 6) is 0.741. The molecule has 90 valence electrons. The third-order valence-electron chi connectivity index (χ3n) is 2.48. The molecule has 0 amide bonds. The molecule has 0 aliphatic heterocycles. The van der Waals surface area contributed by atoms with E-state index in [2.05, 4.69) is 26.2 Å². The second-order valence-electron chi connectivity index (χ2n) is 3.71. The lowest BCUT2D eigenvalue weighted by Gasteiger charge is -1.93. The Morgan fingerprint density at radius 2 is 2.16 bits per heavy atom. The van der Waals surface area contributed by atoms with Crippen LogP contribution in [0.2, 0.25) is 0 Å². The van der Waals surface area contributed by atoms with Crippen LogP contribution in [0, 0.1) is 11.3 Å². The number of nitriles is 1. The minimum absolute atomic E-state index is 0.353. The summed E-state index contributed by atoms with van der Waals surface area (Å²) in [6, 6.07) is 10.7. The molecule has 0 atom stereocenters. The second kappa shape index (κ2) is 4.66. The number of hydrogen-bond donors (Lipinski definition) is 0. The fraction of sp³-hybridized carbons (Fsp3) is 0. The van der Waals surface area contributed by atoms with Crippen molar-refractivity contribution in [1.29, 1.82) is 5.26 Å². The van der Waals surface area contributed by atoms with Gasteiger partial charge in [-0.2, -0.15) is 10.2 Å². The lowest BCUT2D eigenvalue weighted by Crippen LogP contribution is -1.86. The largest absolute Gasteiger partial charge is 0.334 e. The summed E-state index contributed by atoms with van der Waals surface area (Å²) >= 11 is 0. The number of rotatable bonds is 2. The predicted molar refractivity (Wildman–Crippen MR) is 65.5 cm³/mol. The summed E-state index contributed by atoms with van der Waals surface area (Å²) in [5.41, 5.74) is 1.83. The molecule has 1 aromatic carbocycles. The molecule has 0 aliphatic carbocycles. The van der Waals surface area contributed by atoms with Gasteiger partial charge in [-0.3, -0.25) is 0 Å². The van der Waals surface area contributed by atoms with E-state index in [4.69, 9.17) is 9.78 Å². The van der Waals surface area contributed by atoms with Gasteiger partial charge in [0.05, 0.1) is 11.6 Å². The van der Waals surface area contributed by atoms with Gasteiger partial charge in [-0.25, -0.2) is 9.97 Å². The molecule has 6 heteroatoms. The molecule has 0 radical (unpaired) electrons. The zero-order valence-corrected chi connectivity index (χ0v) is 9.69. The third kappa shape index (κ3) is 2.17. The van der Waals surface area contributed by atoms with E-state index >= 15 is 0 Å². The summed E-state index contributed by atoms with van der Waals surface area (Å²) in [6.45, 7) is 0. The molecule has 0 spiro atoms. The quantitative estimate of drug-likeness (QED) is 0.690. The van der Waals surface area contributed by atoms with Crippen molar-refractivity contribution in [2.24, 2.45) is 0 Å². The number of aromatic nitrogens is 4. The Hall–Kier alpha value is -3.07. The number of nitrogens with zero attached hydrogens (tertiary/aromatic N) is 5. The van der Waals surface area contributed by atoms with Crippen LogP contribution < -0.4 is 0 Å². The zero-order chi connectivity index (χ0) is 13.1. The summed E-state index contributed by atoms with van der Waals surface area (Å²) in [7, 11) is 0. The Kier molecular flexibility index (Phi) is 2.71. The van der Waals surface area contributed by atoms with Gasteiger partial charge in [0.15, 0.2) is 0 Å². The molecule has 6 nitrogen and oxygen atoms in total. The Labute approximate surface area is 108 Å². The molecule has 3 rings (SSSR count). The van der Waals surface area contributed by atoms with Crippen molar-refractivity contribution in [2.45, 2.75) is 0 Å². The van der Waals surface area contributed by atoms with Crippen LogP contribution in [0.1, 0.15) is 5.56 Å². The van der Waals surface area contributed by atoms with Crippen LogP contribution >= 0.6 is 0 Å². The van der Waals surface area contributed by atoms with Crippen LogP contribution in [0.3, 0.4) is 0 Å². The van der Waals surface area contributed by atoms with Crippen LogP contribution in [0.4, 0.5) is 0 Å². The lowest BCUT2D eigenvalue weighted by atomic mass is 10.1. The number of hydrogen-bond acceptors (Lipinski definition) is 6. The molecule has 0 unspecified atom stereocenters. The molecule has 0 N–H and O–H groups in total. The van der Waals surface area contributed by atoms with E-state index in [0.717, 1.165) is 0 Å². The van der Waals surface area contributed by atoms with Crippen LogP contribution in [0.25, 0.3) is 23.0 Å². The van der Waals surface area contributed by atoms with E-state index in [1.165, 1.54) is 6.33 Å². The minimum Gasteiger partial charge on any atom is -0.334 e. The fourth-order valence-electron chi connectivity index (χ4n) is 1.59. The van der Waals surface area contributed by atoms with Gasteiger partial charge < -0.3 is 4.52 Å². The van der Waals surface area contributed by atoms with Crippen molar-refractivity contribution in [3.05, 3.63) is 48.4 Å². The predicted octanol–water partition coefficient (Wildman–Crippen LogP) is 2.07. The summed E-state index contributed by atoms with van der Waals surface area (Å²) < 4.78 is 5.17. The molecule has 0 bridgehead atoms. The highest BCUT2D eigenvalue weighted by Crippen LogP contribution is 2.21. The van der Waals surface area contributed by atoms with E-state index in [1.807, 2.05) is 0 Å². The van der Waals surface area contributed by atoms with E-state index in [9.17, 15) is 0 Å². The zero-order valence-electron chi connectivity index (χ0n) is 9.69. The molecule has 0 fully saturated rings. The van der Waals surface area contributed by atoms with E-state index < -0.39 is 0 Å². The smallest absolute Gasteiger partial charge is 0.258 e. The molecule has 19 heavy (non-hydrogen) atoms. The van der Waals surface area contributed by atoms with Crippen molar-refractivity contribution >= 4 is 0 Å². The SMILES string of the molecule is N#Cc1cccc(-c2nc(-c3ccncn3)no2)c1. The van der Waals surface area contributed by atoms with Gasteiger partial charge >= 0.3 is 0 Å². The van der Waals surface area contributed by atoms with E-state index in [1.54, 1.807) is 36.5 Å². The third-order valence-corrected chi connectivity index (χ3v) is 2.48. The summed E-state index contributed by atoms with van der Waals surface area (Å²) in [5, 5.41) is 12.7. The molecule has 2 aromatic heterocycles. The molecule has 0 aliphatic rings. The van der Waals surface area contributed by atoms with Gasteiger partial charge in [-0.05, 0) is 24.3 Å². The average molecular weight is 249 g/mol. The highest BCUT2D eigenvalue weighted by atomic mass is 16.5. The second-order valence-corrected chi connectivity index (χ2v) is 3.71. The maximum absolute atomic E-state index is 8.86. The molecule has 3 aromatic rings. The Balaban J connectivity index is 2.00. The average Bonchev–Trinajstić information content (AvgIpc) is 2.98. The van der Waals surface area contributed by atoms with Crippen molar-refractivity contribution in [2.75, 3.05) is 0 Å². The molecular formula is C13H7N5O. The van der Waals surface area contributed by atoms with Crippen molar-refractivity contribution in [3.63, 3.8) is 0 Å². The summed E-state index contributed by atoms with van der Waals surface area (Å²) in [4.78, 5) is 12.1. The van der Waals surface area contributed by atoms with Crippen LogP contribution in [0.15, 0.2) is 47.4 Å². The lowest BCUT2D eigenvalue weighted by molar-refractivity contribution is 0.432. The highest BCUT2D eigenvalue weighted by Gasteiger charge is 2.11. The topological polar surface area (TPSA) is 88.5 Å². The first-order valence-electron chi connectivity index (χ1n) is 5.47. The van der Waals surface area contributed by atoms with Gasteiger partial charge in [0.25, 0.3) is 5.89 Å². The first-order valence-corrected chi connectivity index (χ1v) is 5.47. The van der Waals surface area contributed by atoms with Gasteiger partial charge in [0, 0.05) is 11.8 Å². The Morgan fingerprint density at radius 3 is 2.95 bits per heavy atom. The van der Waals surface area contributed by atoms with Gasteiger partial charge in [-0.15, -0.1) is 0 Å². The van der Waals surface area contributed by atoms with Crippen LogP contribution in [0.5, 0.6) is 0 Å². The minimum atomic E-state index is 0.353. The molecule has 0 saturated heterocycles. The fourth-order valence-corrected chi connectivity index (χ4v) is 1.59. The first-order chi connectivity index (χ1) is 9.36. The monoisotopic (exact) mass is 249 g/mol. The van der Waals surface area contributed by atoms with Crippen molar-refractivity contribution in [1.82, 2.24) is 20.1 Å². The Morgan fingerprint density at radius 1 is 1.21 bits per heavy atom. The maximum Gasteiger partial charge on any atom is 0.258 e. The standard InChI is InChI=1S/C13H7N5O/c14-7-9-2-1-3-10(6-9)13-17-12(18-19-13)11-4-5-15-8-16-11/h1-6,8H. The van der Waals surface area contributed by atoms with Gasteiger partial charge in [-0.1, -0.05) is 11.2 Å². The molecule has 0 saturated carbocycles. The normalized spacial score (nSPS) is 10.1. The van der Waals surface area contributed by atoms with Crippen LogP contribution in [-0.2, 0) is 0 Å². The molecular weight excluding hydrogens is 242 g/mol. The highest BCUT2D eigenvalue weighted by molar-refractivity contribution is 5.59. The maximum atomic E-state index is 8.86. The van der Waals surface area contributed by atoms with Crippen LogP contribution in [-0.4, -0.2) is 20.1 Å². The van der Waals surface area contributed by atoms with Crippen molar-refractivity contribution < 1.29 is 4.52 Å². The van der Waals surface area contributed by atoms with Gasteiger partial charge in [0.2, 0.25) is 5.82 Å². The Bertz CT molecular complexity index is 745. The van der Waals surface area contributed by atoms with Crippen molar-refractivity contribution in [3.8, 4) is 29.0 Å². The van der Waals surface area contributed by atoms with E-state index in [0.29, 0.717) is 28.5 Å².